The fourth-order valence-electron chi connectivity index (χ4n) is 2.52. The highest BCUT2D eigenvalue weighted by Gasteiger charge is 2.42. The van der Waals surface area contributed by atoms with Gasteiger partial charge in [0.25, 0.3) is 0 Å². The Hall–Kier alpha value is -1.52. The molecule has 24 heavy (non-hydrogen) atoms. The zero-order chi connectivity index (χ0) is 17.8. The molecule has 0 fully saturated rings. The van der Waals surface area contributed by atoms with Crippen LogP contribution < -0.4 is 0 Å². The lowest BCUT2D eigenvalue weighted by Gasteiger charge is -2.20. The van der Waals surface area contributed by atoms with Gasteiger partial charge in [0.15, 0.2) is 6.10 Å². The molecule has 1 unspecified atom stereocenters. The van der Waals surface area contributed by atoms with Crippen molar-refractivity contribution in [2.45, 2.75) is 77.0 Å². The summed E-state index contributed by atoms with van der Waals surface area (Å²) in [6.07, 6.45) is 1.15. The quantitative estimate of drug-likeness (QED) is 0.347. The molecular formula is C19H27F3O2. The summed E-state index contributed by atoms with van der Waals surface area (Å²) in [5.74, 6) is -0.919. The van der Waals surface area contributed by atoms with Gasteiger partial charge in [-0.05, 0) is 25.0 Å². The first-order valence-electron chi connectivity index (χ1n) is 8.78. The van der Waals surface area contributed by atoms with Crippen LogP contribution in [0.5, 0.6) is 0 Å². The number of esters is 1. The lowest BCUT2D eigenvalue weighted by molar-refractivity contribution is -0.206. The van der Waals surface area contributed by atoms with Crippen molar-refractivity contribution in [3.63, 3.8) is 0 Å². The summed E-state index contributed by atoms with van der Waals surface area (Å²) < 4.78 is 43.8. The van der Waals surface area contributed by atoms with Crippen LogP contribution in [0.2, 0.25) is 0 Å². The van der Waals surface area contributed by atoms with Gasteiger partial charge < -0.3 is 4.74 Å². The van der Waals surface area contributed by atoms with Crippen LogP contribution in [0.1, 0.15) is 75.1 Å². The van der Waals surface area contributed by atoms with Crippen LogP contribution in [-0.4, -0.2) is 18.2 Å². The van der Waals surface area contributed by atoms with Gasteiger partial charge in [-0.3, -0.25) is 0 Å². The Kier molecular flexibility index (Phi) is 9.50. The van der Waals surface area contributed by atoms with Gasteiger partial charge in [0, 0.05) is 0 Å². The smallest absolute Gasteiger partial charge is 0.425 e. The van der Waals surface area contributed by atoms with Crippen LogP contribution in [0.3, 0.4) is 0 Å². The lowest BCUT2D eigenvalue weighted by atomic mass is 10.1. The van der Waals surface area contributed by atoms with E-state index in [1.807, 2.05) is 0 Å². The molecule has 0 aromatic heterocycles. The van der Waals surface area contributed by atoms with E-state index in [9.17, 15) is 18.0 Å². The summed E-state index contributed by atoms with van der Waals surface area (Å²) in [5.41, 5.74) is 0.141. The Morgan fingerprint density at radius 2 is 1.50 bits per heavy atom. The van der Waals surface area contributed by atoms with Crippen LogP contribution in [0, 0.1) is 0 Å². The van der Waals surface area contributed by atoms with E-state index >= 15 is 0 Å². The largest absolute Gasteiger partial charge is 0.449 e. The van der Waals surface area contributed by atoms with Gasteiger partial charge in [-0.15, -0.1) is 0 Å². The summed E-state index contributed by atoms with van der Waals surface area (Å²) in [6, 6.07) is 7.78. The molecule has 5 heteroatoms. The monoisotopic (exact) mass is 344 g/mol. The average Bonchev–Trinajstić information content (AvgIpc) is 2.55. The van der Waals surface area contributed by atoms with Crippen molar-refractivity contribution in [3.8, 4) is 0 Å². The van der Waals surface area contributed by atoms with Crippen LogP contribution in [0.15, 0.2) is 30.3 Å². The van der Waals surface area contributed by atoms with E-state index in [1.54, 1.807) is 18.2 Å². The number of ether oxygens (including phenoxy) is 1. The third-order valence-electron chi connectivity index (χ3n) is 3.94. The highest BCUT2D eigenvalue weighted by atomic mass is 19.4. The molecule has 136 valence electrons. The van der Waals surface area contributed by atoms with Gasteiger partial charge in [-0.2, -0.15) is 13.2 Å². The Balaban J connectivity index is 2.34. The van der Waals surface area contributed by atoms with Crippen molar-refractivity contribution in [1.82, 2.24) is 0 Å². The molecule has 0 heterocycles. The molecule has 0 saturated carbocycles. The second kappa shape index (κ2) is 11.1. The van der Waals surface area contributed by atoms with Crippen LogP contribution >= 0.6 is 0 Å². The molecule has 2 nitrogen and oxygen atoms in total. The fourth-order valence-corrected chi connectivity index (χ4v) is 2.52. The van der Waals surface area contributed by atoms with E-state index < -0.39 is 18.2 Å². The van der Waals surface area contributed by atoms with Gasteiger partial charge in [0.05, 0.1) is 5.56 Å². The van der Waals surface area contributed by atoms with E-state index in [0.717, 1.165) is 25.7 Å². The lowest BCUT2D eigenvalue weighted by Crippen LogP contribution is -2.33. The minimum Gasteiger partial charge on any atom is -0.449 e. The predicted octanol–water partition coefficient (Wildman–Crippen LogP) is 6.31. The van der Waals surface area contributed by atoms with E-state index in [1.165, 1.54) is 31.4 Å². The summed E-state index contributed by atoms with van der Waals surface area (Å²) >= 11 is 0. The normalized spacial score (nSPS) is 12.8. The first-order valence-corrected chi connectivity index (χ1v) is 8.78. The van der Waals surface area contributed by atoms with E-state index in [-0.39, 0.29) is 12.0 Å². The average molecular weight is 344 g/mol. The first kappa shape index (κ1) is 20.5. The molecule has 1 atom stereocenters. The number of carbonyl (C=O) groups is 1. The van der Waals surface area contributed by atoms with Crippen molar-refractivity contribution in [3.05, 3.63) is 35.9 Å². The maximum absolute atomic E-state index is 13.0. The summed E-state index contributed by atoms with van der Waals surface area (Å²) in [4.78, 5) is 11.8. The minimum absolute atomic E-state index is 0.141. The topological polar surface area (TPSA) is 26.3 Å². The fraction of sp³-hybridized carbons (Fsp3) is 0.632. The van der Waals surface area contributed by atoms with Crippen molar-refractivity contribution >= 4 is 5.97 Å². The molecule has 0 aliphatic rings. The zero-order valence-corrected chi connectivity index (χ0v) is 14.3. The third-order valence-corrected chi connectivity index (χ3v) is 3.94. The number of hydrogen-bond donors (Lipinski definition) is 0. The second-order valence-corrected chi connectivity index (χ2v) is 6.07. The van der Waals surface area contributed by atoms with Crippen LogP contribution in [0.4, 0.5) is 13.2 Å². The maximum atomic E-state index is 13.0. The Morgan fingerprint density at radius 1 is 0.958 bits per heavy atom. The highest BCUT2D eigenvalue weighted by Crippen LogP contribution is 2.28. The Bertz CT molecular complexity index is 457. The number of hydrogen-bond acceptors (Lipinski definition) is 2. The molecular weight excluding hydrogens is 317 g/mol. The van der Waals surface area contributed by atoms with Crippen molar-refractivity contribution in [1.29, 1.82) is 0 Å². The van der Waals surface area contributed by atoms with Gasteiger partial charge in [0.1, 0.15) is 0 Å². The Morgan fingerprint density at radius 3 is 2.04 bits per heavy atom. The number of benzene rings is 1. The summed E-state index contributed by atoms with van der Waals surface area (Å²) in [5, 5.41) is 0. The molecule has 1 aromatic carbocycles. The van der Waals surface area contributed by atoms with E-state index in [4.69, 9.17) is 4.74 Å². The SMILES string of the molecule is CCCCCCCCCCC(OC(=O)c1ccccc1)C(F)(F)F. The minimum atomic E-state index is -4.52. The zero-order valence-electron chi connectivity index (χ0n) is 14.3. The van der Waals surface area contributed by atoms with E-state index in [0.29, 0.717) is 6.42 Å². The summed E-state index contributed by atoms with van der Waals surface area (Å²) in [7, 11) is 0. The molecule has 1 rings (SSSR count). The molecule has 0 amide bonds. The van der Waals surface area contributed by atoms with Crippen molar-refractivity contribution in [2.75, 3.05) is 0 Å². The third kappa shape index (κ3) is 8.37. The molecule has 0 aliphatic heterocycles. The number of unbranched alkanes of at least 4 members (excludes halogenated alkanes) is 7. The number of carbonyl (C=O) groups excluding carboxylic acids is 1. The number of halogens is 3. The number of rotatable bonds is 11. The molecule has 0 bridgehead atoms. The molecule has 0 spiro atoms. The molecule has 0 saturated heterocycles. The number of alkyl halides is 3. The van der Waals surface area contributed by atoms with Crippen LogP contribution in [0.25, 0.3) is 0 Å². The van der Waals surface area contributed by atoms with Gasteiger partial charge in [-0.1, -0.05) is 70.1 Å². The second-order valence-electron chi connectivity index (χ2n) is 6.07. The van der Waals surface area contributed by atoms with Gasteiger partial charge in [0.2, 0.25) is 0 Å². The van der Waals surface area contributed by atoms with Crippen LogP contribution in [-0.2, 0) is 4.74 Å². The van der Waals surface area contributed by atoms with Gasteiger partial charge in [-0.25, -0.2) is 4.79 Å². The Labute approximate surface area is 142 Å². The first-order chi connectivity index (χ1) is 11.4. The summed E-state index contributed by atoms with van der Waals surface area (Å²) in [6.45, 7) is 2.15. The molecule has 1 aromatic rings. The highest BCUT2D eigenvalue weighted by molar-refractivity contribution is 5.89. The standard InChI is InChI=1S/C19H27F3O2/c1-2-3-4-5-6-7-8-12-15-17(19(20,21)22)24-18(23)16-13-10-9-11-14-16/h9-11,13-14,17H,2-8,12,15H2,1H3. The molecule has 0 radical (unpaired) electrons. The molecule has 0 aliphatic carbocycles. The predicted molar refractivity (Wildman–Crippen MR) is 88.9 cm³/mol. The van der Waals surface area contributed by atoms with Crippen molar-refractivity contribution < 1.29 is 22.7 Å². The van der Waals surface area contributed by atoms with Gasteiger partial charge >= 0.3 is 12.1 Å². The van der Waals surface area contributed by atoms with E-state index in [2.05, 4.69) is 6.92 Å². The molecule has 0 N–H and O–H groups in total. The van der Waals surface area contributed by atoms with Crippen molar-refractivity contribution in [2.24, 2.45) is 0 Å². The maximum Gasteiger partial charge on any atom is 0.425 e.